The summed E-state index contributed by atoms with van der Waals surface area (Å²) < 4.78 is 0. The van der Waals surface area contributed by atoms with Crippen molar-refractivity contribution in [3.05, 3.63) is 193 Å². The minimum atomic E-state index is 0.317. The Balaban J connectivity index is 1.07. The first-order valence-corrected chi connectivity index (χ1v) is 24.6. The molecule has 0 aromatic heterocycles. The summed E-state index contributed by atoms with van der Waals surface area (Å²) in [4.78, 5) is 0. The van der Waals surface area contributed by atoms with Gasteiger partial charge < -0.3 is 0 Å². The molecule has 316 valence electrons. The van der Waals surface area contributed by atoms with E-state index in [0.29, 0.717) is 11.8 Å². The molecule has 1 aliphatic rings. The molecule has 0 saturated heterocycles. The Morgan fingerprint density at radius 3 is 1.15 bits per heavy atom. The first kappa shape index (κ1) is 37.1. The van der Waals surface area contributed by atoms with Crippen molar-refractivity contribution in [1.29, 1.82) is 0 Å². The lowest BCUT2D eigenvalue weighted by Crippen LogP contribution is -1.99. The molecular weight excluding hydrogens is 817 g/mol. The fraction of sp³-hybridized carbons (Fsp3) is 0.0882. The average Bonchev–Trinajstić information content (AvgIpc) is 4.01. The molecular formula is C68H44. The van der Waals surface area contributed by atoms with Gasteiger partial charge in [0, 0.05) is 0 Å². The standard InChI is InChI=1S/C68H44/c1-35(2)55-54-34-53-40-21-12-11-20-39(40)41-24-15-25-48(59(41)53)64(54)56(36(3)4)66-50-31-27-45-47-29-33-52-63-51(32-28-46(61(47)63)44-26-30-49(65(55)66)62(50)60(44)45)67-57(37-16-7-5-8-17-37)42-22-13-14-23-43(42)58(68(52)67)38-18-9-6-10-19-38/h5-36H,1-4H3. The first-order valence-electron chi connectivity index (χ1n) is 24.6. The van der Waals surface area contributed by atoms with Crippen molar-refractivity contribution >= 4 is 118 Å². The zero-order valence-corrected chi connectivity index (χ0v) is 38.5. The van der Waals surface area contributed by atoms with E-state index in [1.807, 2.05) is 0 Å². The molecule has 68 heavy (non-hydrogen) atoms. The van der Waals surface area contributed by atoms with Crippen LogP contribution in [0, 0.1) is 0 Å². The maximum atomic E-state index is 2.58. The molecule has 15 aromatic carbocycles. The Morgan fingerprint density at radius 1 is 0.221 bits per heavy atom. The van der Waals surface area contributed by atoms with Crippen molar-refractivity contribution in [2.24, 2.45) is 0 Å². The molecule has 0 saturated carbocycles. The molecule has 0 bridgehead atoms. The van der Waals surface area contributed by atoms with Crippen LogP contribution in [0.3, 0.4) is 0 Å². The van der Waals surface area contributed by atoms with Gasteiger partial charge in [0.2, 0.25) is 0 Å². The lowest BCUT2D eigenvalue weighted by Gasteiger charge is -2.22. The van der Waals surface area contributed by atoms with Crippen molar-refractivity contribution in [2.75, 3.05) is 0 Å². The van der Waals surface area contributed by atoms with Crippen molar-refractivity contribution in [3.8, 4) is 44.5 Å². The van der Waals surface area contributed by atoms with Crippen LogP contribution in [0.1, 0.15) is 50.7 Å². The third-order valence-corrected chi connectivity index (χ3v) is 16.5. The average molecular weight is 861 g/mol. The molecule has 0 nitrogen and oxygen atoms in total. The normalized spacial score (nSPS) is 13.0. The quantitative estimate of drug-likeness (QED) is 0.122. The highest BCUT2D eigenvalue weighted by Gasteiger charge is 2.33. The minimum Gasteiger partial charge on any atom is -0.0622 e. The molecule has 0 atom stereocenters. The van der Waals surface area contributed by atoms with Crippen LogP contribution in [-0.4, -0.2) is 0 Å². The maximum absolute atomic E-state index is 2.58. The highest BCUT2D eigenvalue weighted by Crippen LogP contribution is 2.61. The predicted octanol–water partition coefficient (Wildman–Crippen LogP) is 19.9. The largest absolute Gasteiger partial charge is 0.0622 e. The number of fused-ring (bicyclic) bond motifs is 14. The van der Waals surface area contributed by atoms with Crippen LogP contribution in [0.4, 0.5) is 0 Å². The summed E-state index contributed by atoms with van der Waals surface area (Å²) in [5, 5.41) is 30.4. The Hall–Kier alpha value is -8.06. The van der Waals surface area contributed by atoms with Gasteiger partial charge in [0.1, 0.15) is 0 Å². The second kappa shape index (κ2) is 12.9. The summed E-state index contributed by atoms with van der Waals surface area (Å²) in [5.41, 5.74) is 13.5. The van der Waals surface area contributed by atoms with Crippen molar-refractivity contribution in [1.82, 2.24) is 0 Å². The molecule has 0 fully saturated rings. The topological polar surface area (TPSA) is 0 Å². The van der Waals surface area contributed by atoms with Gasteiger partial charge in [-0.2, -0.15) is 0 Å². The summed E-state index contributed by atoms with van der Waals surface area (Å²) in [7, 11) is 0. The molecule has 0 unspecified atom stereocenters. The Labute approximate surface area is 393 Å². The lowest BCUT2D eigenvalue weighted by molar-refractivity contribution is 0.875. The van der Waals surface area contributed by atoms with E-state index in [2.05, 4.69) is 210 Å². The number of rotatable bonds is 4. The molecule has 0 spiro atoms. The number of benzene rings is 13. The zero-order chi connectivity index (χ0) is 44.8. The van der Waals surface area contributed by atoms with Crippen LogP contribution in [0.15, 0.2) is 182 Å². The summed E-state index contributed by atoms with van der Waals surface area (Å²) >= 11 is 0. The summed E-state index contributed by atoms with van der Waals surface area (Å²) in [5.74, 6) is 0.638. The van der Waals surface area contributed by atoms with Crippen molar-refractivity contribution in [2.45, 2.75) is 39.5 Å². The van der Waals surface area contributed by atoms with Gasteiger partial charge >= 0.3 is 0 Å². The Morgan fingerprint density at radius 2 is 0.603 bits per heavy atom. The monoisotopic (exact) mass is 860 g/mol. The van der Waals surface area contributed by atoms with E-state index in [4.69, 9.17) is 0 Å². The molecule has 0 N–H and O–H groups in total. The summed E-state index contributed by atoms with van der Waals surface area (Å²) in [6.07, 6.45) is 0. The maximum Gasteiger partial charge on any atom is -0.000740 e. The van der Waals surface area contributed by atoms with E-state index >= 15 is 0 Å². The summed E-state index contributed by atoms with van der Waals surface area (Å²) in [6, 6.07) is 69.8. The summed E-state index contributed by atoms with van der Waals surface area (Å²) in [6.45, 7) is 9.68. The fourth-order valence-corrected chi connectivity index (χ4v) is 14.2. The lowest BCUT2D eigenvalue weighted by atomic mass is 9.82. The van der Waals surface area contributed by atoms with E-state index in [9.17, 15) is 0 Å². The van der Waals surface area contributed by atoms with Crippen molar-refractivity contribution < 1.29 is 0 Å². The van der Waals surface area contributed by atoms with Crippen LogP contribution in [0.2, 0.25) is 0 Å². The second-order valence-electron chi connectivity index (χ2n) is 20.4. The van der Waals surface area contributed by atoms with Gasteiger partial charge in [-0.3, -0.25) is 0 Å². The third-order valence-electron chi connectivity index (χ3n) is 16.5. The smallest absolute Gasteiger partial charge is 0.000740 e. The first-order chi connectivity index (χ1) is 33.5. The highest BCUT2D eigenvalue weighted by atomic mass is 14.4. The fourth-order valence-electron chi connectivity index (χ4n) is 14.2. The SMILES string of the molecule is CC(C)c1c2cc3c4ccccc4c4cccc(c2c(C(C)C)c2c5ccc6c7ccc8c9c(ccc(c%10ccc(c12)c5c%106)c97)-c1c-8c(-c2ccccc2)c2ccccc2c1-c1ccccc1)c43. The Kier molecular flexibility index (Phi) is 7.02. The van der Waals surface area contributed by atoms with E-state index in [1.54, 1.807) is 0 Å². The van der Waals surface area contributed by atoms with E-state index in [-0.39, 0.29) is 0 Å². The van der Waals surface area contributed by atoms with E-state index in [0.717, 1.165) is 0 Å². The number of hydrogen-bond donors (Lipinski definition) is 0. The van der Waals surface area contributed by atoms with Gasteiger partial charge in [0.15, 0.2) is 0 Å². The minimum absolute atomic E-state index is 0.317. The van der Waals surface area contributed by atoms with Crippen molar-refractivity contribution in [3.63, 3.8) is 0 Å². The molecule has 16 rings (SSSR count). The second-order valence-corrected chi connectivity index (χ2v) is 20.4. The molecule has 0 amide bonds. The molecule has 0 heteroatoms. The van der Waals surface area contributed by atoms with Crippen LogP contribution in [0.5, 0.6) is 0 Å². The van der Waals surface area contributed by atoms with Gasteiger partial charge in [-0.1, -0.05) is 204 Å². The molecule has 0 radical (unpaired) electrons. The van der Waals surface area contributed by atoms with Crippen LogP contribution < -0.4 is 0 Å². The highest BCUT2D eigenvalue weighted by molar-refractivity contribution is 6.46. The van der Waals surface area contributed by atoms with Gasteiger partial charge in [-0.05, 0) is 192 Å². The van der Waals surface area contributed by atoms with Gasteiger partial charge in [0.25, 0.3) is 0 Å². The number of hydrogen-bond acceptors (Lipinski definition) is 0. The van der Waals surface area contributed by atoms with Gasteiger partial charge in [-0.25, -0.2) is 0 Å². The van der Waals surface area contributed by atoms with E-state index in [1.165, 1.54) is 174 Å². The molecule has 0 aliphatic heterocycles. The Bertz CT molecular complexity index is 4540. The third kappa shape index (κ3) is 4.34. The van der Waals surface area contributed by atoms with Gasteiger partial charge in [0.05, 0.1) is 0 Å². The zero-order valence-electron chi connectivity index (χ0n) is 38.5. The molecule has 0 heterocycles. The molecule has 1 aliphatic carbocycles. The van der Waals surface area contributed by atoms with Crippen LogP contribution >= 0.6 is 0 Å². The van der Waals surface area contributed by atoms with E-state index < -0.39 is 0 Å². The predicted molar refractivity (Wildman–Crippen MR) is 296 cm³/mol. The van der Waals surface area contributed by atoms with Crippen LogP contribution in [0.25, 0.3) is 163 Å². The van der Waals surface area contributed by atoms with Gasteiger partial charge in [-0.15, -0.1) is 0 Å². The van der Waals surface area contributed by atoms with Crippen LogP contribution in [-0.2, 0) is 0 Å². The molecule has 15 aromatic rings.